The van der Waals surface area contributed by atoms with Gasteiger partial charge in [-0.2, -0.15) is 0 Å². The van der Waals surface area contributed by atoms with Crippen molar-refractivity contribution in [2.24, 2.45) is 0 Å². The van der Waals surface area contributed by atoms with Crippen LogP contribution in [0.4, 0.5) is 26.3 Å². The second kappa shape index (κ2) is 67.1. The first-order valence-electron chi connectivity index (χ1n) is 53.1. The molecule has 0 aliphatic rings. The summed E-state index contributed by atoms with van der Waals surface area (Å²) < 4.78 is 141. The Morgan fingerprint density at radius 3 is 0.393 bits per heavy atom. The number of esters is 6. The molecule has 0 unspecified atom stereocenters. The lowest BCUT2D eigenvalue weighted by molar-refractivity contribution is -0.146. The third-order valence-electron chi connectivity index (χ3n) is 24.7. The van der Waals surface area contributed by atoms with E-state index in [1.165, 1.54) is 41.5 Å². The molecule has 0 aromatic heterocycles. The Hall–Kier alpha value is -14.1. The van der Waals surface area contributed by atoms with Crippen LogP contribution in [-0.4, -0.2) is 147 Å². The van der Waals surface area contributed by atoms with E-state index in [2.05, 4.69) is 146 Å². The zero-order chi connectivity index (χ0) is 109. The number of hydrogen-bond donors (Lipinski definition) is 6. The summed E-state index contributed by atoms with van der Waals surface area (Å²) in [5, 5.41) is 5.85. The van der Waals surface area contributed by atoms with Gasteiger partial charge in [0.25, 0.3) is 35.4 Å². The monoisotopic (exact) mass is 2070 g/mol. The predicted molar refractivity (Wildman–Crippen MR) is 564 cm³/mol. The van der Waals surface area contributed by atoms with Gasteiger partial charge in [-0.05, 0) is 153 Å². The summed E-state index contributed by atoms with van der Waals surface area (Å²) in [7, 11) is 0. The number of rotatable bonds is 60. The van der Waals surface area contributed by atoms with Gasteiger partial charge in [-0.1, -0.05) is 307 Å². The first-order chi connectivity index (χ1) is 72.1. The molecule has 0 heterocycles. The van der Waals surface area contributed by atoms with Gasteiger partial charge >= 0.3 is 35.8 Å². The maximum atomic E-state index is 18.0. The number of unbranched alkanes of at least 4 members (excludes halogenated alkanes) is 30. The molecule has 0 spiro atoms. The van der Waals surface area contributed by atoms with E-state index in [1.807, 2.05) is 0 Å². The number of carbonyl (C=O) groups excluding carboxylic acids is 12. The molecule has 7 aromatic rings. The quantitative estimate of drug-likeness (QED) is 0.00892. The minimum Gasteiger partial charge on any atom is -0.464 e. The molecule has 7 aromatic carbocycles. The van der Waals surface area contributed by atoms with E-state index in [0.29, 0.717) is 38.5 Å². The lowest BCUT2D eigenvalue weighted by Crippen LogP contribution is -2.39. The van der Waals surface area contributed by atoms with Gasteiger partial charge in [0.15, 0.2) is 34.9 Å². The van der Waals surface area contributed by atoms with Gasteiger partial charge in [-0.3, -0.25) is 28.8 Å². The number of halogens is 6. The summed E-state index contributed by atoms with van der Waals surface area (Å²) in [6.07, 6.45) is 30.7. The van der Waals surface area contributed by atoms with Gasteiger partial charge in [0, 0.05) is 33.4 Å². The van der Waals surface area contributed by atoms with Crippen molar-refractivity contribution in [1.29, 1.82) is 0 Å². The van der Waals surface area contributed by atoms with Crippen LogP contribution in [0.2, 0.25) is 0 Å². The Bertz CT molecular complexity index is 4950. The molecule has 24 nitrogen and oxygen atoms in total. The van der Waals surface area contributed by atoms with Gasteiger partial charge in [0.05, 0.1) is 104 Å². The molecule has 0 saturated carbocycles. The molecule has 6 atom stereocenters. The van der Waals surface area contributed by atoms with Gasteiger partial charge in [-0.25, -0.2) is 55.1 Å². The Kier molecular flexibility index (Phi) is 54.9. The van der Waals surface area contributed by atoms with Crippen molar-refractivity contribution in [2.75, 3.05) is 39.6 Å². The van der Waals surface area contributed by atoms with Gasteiger partial charge in [0.2, 0.25) is 0 Å². The summed E-state index contributed by atoms with van der Waals surface area (Å²) in [6.45, 7) is 20.3. The maximum Gasteiger partial charge on any atom is 0.328 e. The van der Waals surface area contributed by atoms with Crippen molar-refractivity contribution < 1.29 is 112 Å². The fourth-order valence-corrected chi connectivity index (χ4v) is 15.5. The summed E-state index contributed by atoms with van der Waals surface area (Å²) in [5.41, 5.74) is -2.94. The highest BCUT2D eigenvalue weighted by atomic mass is 19.1. The van der Waals surface area contributed by atoms with Crippen molar-refractivity contribution in [2.45, 2.75) is 350 Å². The molecule has 0 saturated heterocycles. The van der Waals surface area contributed by atoms with E-state index in [-0.39, 0.29) is 39.6 Å². The van der Waals surface area contributed by atoms with Crippen molar-refractivity contribution in [1.82, 2.24) is 31.9 Å². The first-order valence-corrected chi connectivity index (χ1v) is 53.1. The average molecular weight is 2070 g/mol. The van der Waals surface area contributed by atoms with Crippen molar-refractivity contribution >= 4 is 136 Å². The largest absolute Gasteiger partial charge is 0.464 e. The number of ether oxygens (including phenoxy) is 6. The predicted octanol–water partition coefficient (Wildman–Crippen LogP) is 24.2. The van der Waals surface area contributed by atoms with Crippen LogP contribution in [0, 0.1) is 108 Å². The Balaban J connectivity index is 1.66. The number of benzene rings is 6. The molecular weight excluding hydrogens is 1930 g/mol. The molecule has 0 aliphatic heterocycles. The smallest absolute Gasteiger partial charge is 0.328 e. The van der Waals surface area contributed by atoms with Crippen molar-refractivity contribution in [3.63, 3.8) is 0 Å². The van der Waals surface area contributed by atoms with Gasteiger partial charge in [0.1, 0.15) is 36.3 Å². The van der Waals surface area contributed by atoms with E-state index in [0.717, 1.165) is 265 Å². The van der Waals surface area contributed by atoms with E-state index in [9.17, 15) is 57.5 Å². The SMILES string of the molecule is CCCCCCCCOC(=O)[C@H](C)NC(=O)c1cc2c#cc3cc(C(=O)N[C@@H](C)C(=O)OCCCCCCCC)cc(c#cc4cc(C(=O)N[C@@H](C)C(=O)OCCCCCCCC)cc(c#cc5cc(C(=O)N[C@@H](C)C(=O)OCCCCCCCC)cc(c#cc6cc(C(=O)N[C@@H](C)C(=O)OCCCCCCCC)cc(c#cc7cc(C(=O)N[C@@H](C)C(=O)OCCCCCCCC)cc(c#cc(c1)c2F)c7F)c6F)c5F)c4F)c3F. The highest BCUT2D eigenvalue weighted by Crippen LogP contribution is 2.27. The summed E-state index contributed by atoms with van der Waals surface area (Å²) in [6, 6.07) is 32.3. The van der Waals surface area contributed by atoms with Gasteiger partial charge in [-0.15, -0.1) is 0 Å². The minimum atomic E-state index is -1.39. The molecular formula is C120H144F6N6O18. The second-order valence-corrected chi connectivity index (χ2v) is 37.6. The number of hydrogen-bond acceptors (Lipinski definition) is 18. The van der Waals surface area contributed by atoms with Crippen LogP contribution in [0.15, 0.2) is 72.8 Å². The van der Waals surface area contributed by atoms with Crippen LogP contribution in [0.5, 0.6) is 0 Å². The number of amides is 6. The Labute approximate surface area is 879 Å². The average Bonchev–Trinajstić information content (AvgIpc) is 0.800. The van der Waals surface area contributed by atoms with Crippen LogP contribution in [0.25, 0.3) is 64.6 Å². The molecule has 150 heavy (non-hydrogen) atoms. The van der Waals surface area contributed by atoms with Gasteiger partial charge < -0.3 is 60.3 Å². The van der Waals surface area contributed by atoms with Crippen molar-refractivity contribution in [3.05, 3.63) is 214 Å². The highest BCUT2D eigenvalue weighted by Gasteiger charge is 2.28. The molecule has 0 fully saturated rings. The fraction of sp³-hybridized carbons (Fsp3) is 0.500. The second-order valence-electron chi connectivity index (χ2n) is 37.6. The first kappa shape index (κ1) is 123. The standard InChI is InChI=1S/C120H144F6N6O18/c1-13-19-25-31-37-43-61-145-115(139)79(7)127-109(133)97-67-85-49-51-87-69-98(110(134)128-80(8)116(140)146-62-44-38-32-26-20-14-2)71-89(104(87)122)53-55-91-73-100(112(136)130-82(10)118(142)148-64-46-40-34-28-22-16-4)75-93(106(91)124)57-59-95-77-102(114(138)132-84(12)120(144)150-66-48-42-36-30-24-18-6)78-96(108(95)126)60-58-94-76-101(113(137)131-83(11)119(143)149-65-47-41-35-29-23-17-5)74-92(107(94)125)56-54-90-72-99(70-88(105(90)123)52-50-86(68-97)103(85)121)111(135)129-81(9)117(141)147-63-45-39-33-27-21-15-3/h67-84H,13-48,61-66H2,1-12H3,(H,127,133)(H,128,134)(H,129,135)(H,130,136)(H,131,137)(H,132,138)/t79-,80-,81-,82-,83-,84-/m0/s1. The molecule has 30 heteroatoms. The summed E-state index contributed by atoms with van der Waals surface area (Å²) in [5.74, 6) is -20.0. The van der Waals surface area contributed by atoms with E-state index >= 15 is 26.3 Å². The number of carbonyl (C=O) groups is 12. The number of fused-ring (bicyclic) bond motifs is 12. The minimum absolute atomic E-state index is 0.000601. The molecule has 6 N–H and O–H groups in total. The maximum absolute atomic E-state index is 18.0. The molecule has 6 amide bonds. The zero-order valence-corrected chi connectivity index (χ0v) is 88.7. The molecule has 12 bridgehead atoms. The molecule has 804 valence electrons. The third kappa shape index (κ3) is 41.8. The molecule has 0 radical (unpaired) electrons. The van der Waals surface area contributed by atoms with Crippen LogP contribution >= 0.6 is 0 Å². The van der Waals surface area contributed by atoms with Crippen LogP contribution in [-0.2, 0) is 57.2 Å². The van der Waals surface area contributed by atoms with Crippen LogP contribution in [0.3, 0.4) is 0 Å². The Morgan fingerprint density at radius 1 is 0.187 bits per heavy atom. The fourth-order valence-electron chi connectivity index (χ4n) is 15.5. The highest BCUT2D eigenvalue weighted by molar-refractivity contribution is 6.04. The lowest BCUT2D eigenvalue weighted by atomic mass is 10.1. The topological polar surface area (TPSA) is 332 Å². The van der Waals surface area contributed by atoms with Crippen molar-refractivity contribution in [3.8, 4) is 0 Å². The Morgan fingerprint density at radius 2 is 0.287 bits per heavy atom. The number of nitrogens with one attached hydrogen (secondary N) is 6. The van der Waals surface area contributed by atoms with E-state index in [1.54, 1.807) is 0 Å². The summed E-state index contributed by atoms with van der Waals surface area (Å²) >= 11 is 0. The third-order valence-corrected chi connectivity index (χ3v) is 24.7. The molecule has 7 rings (SSSR count). The van der Waals surface area contributed by atoms with E-state index in [4.69, 9.17) is 28.4 Å². The normalized spacial score (nSPS) is 12.0. The zero-order valence-electron chi connectivity index (χ0n) is 88.7. The summed E-state index contributed by atoms with van der Waals surface area (Å²) in [4.78, 5) is 169. The van der Waals surface area contributed by atoms with Crippen LogP contribution in [0.1, 0.15) is 376 Å². The lowest BCUT2D eigenvalue weighted by Gasteiger charge is -2.14. The van der Waals surface area contributed by atoms with Crippen LogP contribution < -0.4 is 31.9 Å². The van der Waals surface area contributed by atoms with E-state index < -0.39 is 240 Å². The molecule has 0 aliphatic carbocycles.